The van der Waals surface area contributed by atoms with Crippen LogP contribution in [0.4, 0.5) is 0 Å². The quantitative estimate of drug-likeness (QED) is 0.166. The number of aliphatic hydroxyl groups excluding tert-OH is 2. The summed E-state index contributed by atoms with van der Waals surface area (Å²) in [5.74, 6) is -3.85. The SMILES string of the molecule is Oc1ccc2c(c1)OC(c1ccc(O)c(O)c1)C(O)C2c1cc2c(c(O)c1O)OC(c1ccc(O)c(O)c1)C(O)C2. The molecule has 0 aromatic heterocycles. The minimum Gasteiger partial charge on any atom is -0.508 e. The number of phenolic OH excluding ortho intramolecular Hbond substituents is 7. The van der Waals surface area contributed by atoms with E-state index in [-0.39, 0.29) is 40.7 Å². The molecule has 2 heterocycles. The lowest BCUT2D eigenvalue weighted by molar-refractivity contribution is 0.00704. The third kappa shape index (κ3) is 4.31. The fraction of sp³-hybridized carbons (Fsp3) is 0.200. The molecule has 11 nitrogen and oxygen atoms in total. The van der Waals surface area contributed by atoms with Crippen molar-refractivity contribution in [3.05, 3.63) is 88.5 Å². The van der Waals surface area contributed by atoms with Crippen molar-refractivity contribution in [2.75, 3.05) is 0 Å². The first kappa shape index (κ1) is 26.2. The maximum Gasteiger partial charge on any atom is 0.201 e. The molecule has 4 aromatic rings. The average molecular weight is 563 g/mol. The highest BCUT2D eigenvalue weighted by atomic mass is 16.5. The number of fused-ring (bicyclic) bond motifs is 2. The third-order valence-electron chi connectivity index (χ3n) is 7.59. The van der Waals surface area contributed by atoms with Crippen molar-refractivity contribution in [3.63, 3.8) is 0 Å². The van der Waals surface area contributed by atoms with Gasteiger partial charge in [-0.1, -0.05) is 18.2 Å². The summed E-state index contributed by atoms with van der Waals surface area (Å²) < 4.78 is 11.9. The van der Waals surface area contributed by atoms with Crippen LogP contribution in [0.3, 0.4) is 0 Å². The van der Waals surface area contributed by atoms with Gasteiger partial charge in [-0.15, -0.1) is 0 Å². The van der Waals surface area contributed by atoms with Crippen LogP contribution in [0.5, 0.6) is 51.7 Å². The smallest absolute Gasteiger partial charge is 0.201 e. The highest BCUT2D eigenvalue weighted by molar-refractivity contribution is 5.63. The number of rotatable bonds is 3. The predicted octanol–water partition coefficient (Wildman–Crippen LogP) is 3.29. The van der Waals surface area contributed by atoms with Crippen LogP contribution in [0.2, 0.25) is 0 Å². The minimum atomic E-state index is -1.39. The van der Waals surface area contributed by atoms with Crippen molar-refractivity contribution in [1.29, 1.82) is 0 Å². The van der Waals surface area contributed by atoms with Gasteiger partial charge in [-0.25, -0.2) is 0 Å². The molecule has 11 heteroatoms. The van der Waals surface area contributed by atoms with Gasteiger partial charge in [0.2, 0.25) is 5.75 Å². The summed E-state index contributed by atoms with van der Waals surface area (Å²) in [6.45, 7) is 0. The molecule has 0 saturated heterocycles. The van der Waals surface area contributed by atoms with Crippen LogP contribution in [-0.2, 0) is 6.42 Å². The standard InChI is InChI=1S/C30H26O11/c31-15-3-4-16-23(11-15)40-29(13-2-6-19(33)21(35)9-13)26(38)24(16)17-7-14-10-22(36)28(41-30(14)27(39)25(17)37)12-1-5-18(32)20(34)8-12/h1-9,11,22,24,26,28-29,31-39H,10H2. The van der Waals surface area contributed by atoms with Gasteiger partial charge in [0, 0.05) is 35.1 Å². The lowest BCUT2D eigenvalue weighted by Gasteiger charge is -2.38. The number of benzene rings is 4. The summed E-state index contributed by atoms with van der Waals surface area (Å²) in [6.07, 6.45) is -4.71. The number of ether oxygens (including phenoxy) is 2. The first-order valence-electron chi connectivity index (χ1n) is 12.7. The Balaban J connectivity index is 1.44. The van der Waals surface area contributed by atoms with Crippen LogP contribution < -0.4 is 9.47 Å². The van der Waals surface area contributed by atoms with Gasteiger partial charge in [-0.05, 0) is 47.5 Å². The van der Waals surface area contributed by atoms with Crippen LogP contribution in [0.25, 0.3) is 0 Å². The van der Waals surface area contributed by atoms with Crippen molar-refractivity contribution in [2.45, 2.75) is 36.8 Å². The van der Waals surface area contributed by atoms with E-state index in [1.165, 1.54) is 60.7 Å². The maximum atomic E-state index is 11.6. The zero-order chi connectivity index (χ0) is 29.2. The molecule has 2 aliphatic rings. The van der Waals surface area contributed by atoms with E-state index in [1.54, 1.807) is 0 Å². The molecule has 41 heavy (non-hydrogen) atoms. The van der Waals surface area contributed by atoms with Gasteiger partial charge in [-0.2, -0.15) is 0 Å². The second-order valence-corrected chi connectivity index (χ2v) is 10.2. The van der Waals surface area contributed by atoms with E-state index in [9.17, 15) is 46.0 Å². The largest absolute Gasteiger partial charge is 0.508 e. The molecule has 5 unspecified atom stereocenters. The second kappa shape index (κ2) is 9.58. The molecule has 9 N–H and O–H groups in total. The second-order valence-electron chi connectivity index (χ2n) is 10.2. The van der Waals surface area contributed by atoms with E-state index in [0.717, 1.165) is 0 Å². The van der Waals surface area contributed by atoms with Crippen LogP contribution in [-0.4, -0.2) is 58.2 Å². The first-order valence-corrected chi connectivity index (χ1v) is 12.7. The summed E-state index contributed by atoms with van der Waals surface area (Å²) in [5.41, 5.74) is 1.44. The van der Waals surface area contributed by atoms with Crippen LogP contribution in [0.15, 0.2) is 60.7 Å². The van der Waals surface area contributed by atoms with Crippen molar-refractivity contribution < 1.29 is 55.4 Å². The van der Waals surface area contributed by atoms with E-state index in [2.05, 4.69) is 0 Å². The number of phenols is 7. The van der Waals surface area contributed by atoms with Gasteiger partial charge < -0.3 is 55.4 Å². The van der Waals surface area contributed by atoms with Gasteiger partial charge in [0.05, 0.1) is 6.10 Å². The van der Waals surface area contributed by atoms with Crippen molar-refractivity contribution in [2.24, 2.45) is 0 Å². The summed E-state index contributed by atoms with van der Waals surface area (Å²) in [4.78, 5) is 0. The topological polar surface area (TPSA) is 201 Å². The molecule has 0 radical (unpaired) electrons. The van der Waals surface area contributed by atoms with Gasteiger partial charge in [0.15, 0.2) is 46.7 Å². The molecule has 0 aliphatic carbocycles. The summed E-state index contributed by atoms with van der Waals surface area (Å²) in [5, 5.41) is 94.2. The number of hydrogen-bond acceptors (Lipinski definition) is 11. The Bertz CT molecular complexity index is 1670. The van der Waals surface area contributed by atoms with Gasteiger partial charge in [-0.3, -0.25) is 0 Å². The lowest BCUT2D eigenvalue weighted by atomic mass is 9.78. The summed E-state index contributed by atoms with van der Waals surface area (Å²) in [6, 6.07) is 13.6. The van der Waals surface area contributed by atoms with Crippen molar-refractivity contribution >= 4 is 0 Å². The van der Waals surface area contributed by atoms with E-state index in [0.29, 0.717) is 22.3 Å². The molecule has 4 aromatic carbocycles. The summed E-state index contributed by atoms with van der Waals surface area (Å²) in [7, 11) is 0. The molecular formula is C30H26O11. The normalized spacial score (nSPS) is 23.1. The molecule has 0 amide bonds. The Morgan fingerprint density at radius 1 is 0.585 bits per heavy atom. The Morgan fingerprint density at radius 2 is 1.22 bits per heavy atom. The molecule has 2 aliphatic heterocycles. The highest BCUT2D eigenvalue weighted by Crippen LogP contribution is 2.54. The predicted molar refractivity (Wildman–Crippen MR) is 142 cm³/mol. The number of aromatic hydroxyl groups is 7. The molecule has 0 saturated carbocycles. The van der Waals surface area contributed by atoms with Gasteiger partial charge >= 0.3 is 0 Å². The molecule has 212 valence electrons. The van der Waals surface area contributed by atoms with E-state index < -0.39 is 53.3 Å². The lowest BCUT2D eigenvalue weighted by Crippen LogP contribution is -2.35. The Kier molecular flexibility index (Phi) is 6.13. The van der Waals surface area contributed by atoms with Crippen LogP contribution in [0, 0.1) is 0 Å². The third-order valence-corrected chi connectivity index (χ3v) is 7.59. The van der Waals surface area contributed by atoms with Crippen molar-refractivity contribution in [3.8, 4) is 51.7 Å². The monoisotopic (exact) mass is 562 g/mol. The molecular weight excluding hydrogens is 536 g/mol. The highest BCUT2D eigenvalue weighted by Gasteiger charge is 2.43. The molecule has 0 fully saturated rings. The minimum absolute atomic E-state index is 0.0283. The average Bonchev–Trinajstić information content (AvgIpc) is 2.94. The summed E-state index contributed by atoms with van der Waals surface area (Å²) >= 11 is 0. The maximum absolute atomic E-state index is 11.6. The van der Waals surface area contributed by atoms with E-state index in [1.807, 2.05) is 0 Å². The first-order chi connectivity index (χ1) is 19.5. The Morgan fingerprint density at radius 3 is 1.85 bits per heavy atom. The molecule has 5 atom stereocenters. The zero-order valence-electron chi connectivity index (χ0n) is 21.2. The molecule has 0 bridgehead atoms. The fourth-order valence-corrected chi connectivity index (χ4v) is 5.57. The fourth-order valence-electron chi connectivity index (χ4n) is 5.57. The molecule has 6 rings (SSSR count). The van der Waals surface area contributed by atoms with Crippen LogP contribution >= 0.6 is 0 Å². The van der Waals surface area contributed by atoms with Crippen molar-refractivity contribution in [1.82, 2.24) is 0 Å². The zero-order valence-corrected chi connectivity index (χ0v) is 21.2. The van der Waals surface area contributed by atoms with Gasteiger partial charge in [0.25, 0.3) is 0 Å². The molecule has 0 spiro atoms. The van der Waals surface area contributed by atoms with E-state index >= 15 is 0 Å². The Labute approximate surface area is 232 Å². The van der Waals surface area contributed by atoms with Crippen LogP contribution in [0.1, 0.15) is 45.9 Å². The van der Waals surface area contributed by atoms with Gasteiger partial charge in [0.1, 0.15) is 17.6 Å². The van der Waals surface area contributed by atoms with E-state index in [4.69, 9.17) is 9.47 Å². The number of aliphatic hydroxyl groups is 2. The number of hydrogen-bond donors (Lipinski definition) is 9. The Hall–Kier alpha value is -5.00.